The number of carbonyl (C=O) groups is 2. The molecule has 0 radical (unpaired) electrons. The number of amides is 2. The number of aromatic amines is 1. The van der Waals surface area contributed by atoms with Gasteiger partial charge >= 0.3 is 0 Å². The van der Waals surface area contributed by atoms with E-state index in [1.807, 2.05) is 18.2 Å². The van der Waals surface area contributed by atoms with Crippen molar-refractivity contribution >= 4 is 11.8 Å². The second kappa shape index (κ2) is 9.49. The van der Waals surface area contributed by atoms with Gasteiger partial charge in [0.2, 0.25) is 5.91 Å². The molecule has 7 heteroatoms. The number of aryl methyl sites for hydroxylation is 1. The second-order valence-corrected chi connectivity index (χ2v) is 7.81. The van der Waals surface area contributed by atoms with Crippen LogP contribution in [0.1, 0.15) is 60.4 Å². The third kappa shape index (κ3) is 5.53. The predicted octanol–water partition coefficient (Wildman–Crippen LogP) is 2.49. The first kappa shape index (κ1) is 20.8. The maximum atomic E-state index is 12.3. The highest BCUT2D eigenvalue weighted by Crippen LogP contribution is 2.36. The summed E-state index contributed by atoms with van der Waals surface area (Å²) in [4.78, 5) is 43.0. The molecule has 2 heterocycles. The molecule has 1 aliphatic rings. The molecule has 2 amide bonds. The Balaban J connectivity index is 1.54. The third-order valence-electron chi connectivity index (χ3n) is 5.58. The van der Waals surface area contributed by atoms with Crippen LogP contribution in [0.3, 0.4) is 0 Å². The number of aromatic nitrogens is 2. The Morgan fingerprint density at radius 2 is 1.93 bits per heavy atom. The highest BCUT2D eigenvalue weighted by Gasteiger charge is 2.30. The molecule has 154 valence electrons. The normalized spacial score (nSPS) is 19.9. The van der Waals surface area contributed by atoms with Crippen molar-refractivity contribution < 1.29 is 9.59 Å². The van der Waals surface area contributed by atoms with Gasteiger partial charge < -0.3 is 15.6 Å². The molecule has 7 nitrogen and oxygen atoms in total. The van der Waals surface area contributed by atoms with E-state index in [9.17, 15) is 14.4 Å². The van der Waals surface area contributed by atoms with Crippen molar-refractivity contribution in [3.8, 4) is 0 Å². The standard InChI is InChI=1S/C22H28N4O3/c1-14-6-11-18(22(29)25-14)21(28)24-13-16-7-9-17(10-8-16)20(26-15(2)27)19-5-3-4-12-23-19/h3-6,11-12,16-17,20H,7-10,13H2,1-2H3,(H,24,28)(H,25,29)(H,26,27)/t16?,17?,20-/m1/s1. The maximum Gasteiger partial charge on any atom is 0.260 e. The van der Waals surface area contributed by atoms with E-state index in [1.54, 1.807) is 25.3 Å². The van der Waals surface area contributed by atoms with E-state index in [1.165, 1.54) is 6.92 Å². The number of hydrogen-bond acceptors (Lipinski definition) is 4. The van der Waals surface area contributed by atoms with E-state index >= 15 is 0 Å². The third-order valence-corrected chi connectivity index (χ3v) is 5.58. The van der Waals surface area contributed by atoms with Gasteiger partial charge in [0.1, 0.15) is 5.56 Å². The molecule has 1 aliphatic carbocycles. The number of hydrogen-bond donors (Lipinski definition) is 3. The van der Waals surface area contributed by atoms with Crippen molar-refractivity contribution in [2.45, 2.75) is 45.6 Å². The minimum atomic E-state index is -0.361. The van der Waals surface area contributed by atoms with Gasteiger partial charge in [-0.2, -0.15) is 0 Å². The summed E-state index contributed by atoms with van der Waals surface area (Å²) in [6.07, 6.45) is 5.56. The lowest BCUT2D eigenvalue weighted by Crippen LogP contribution is -2.37. The van der Waals surface area contributed by atoms with Crippen LogP contribution in [0.2, 0.25) is 0 Å². The Hall–Kier alpha value is -2.96. The number of nitrogens with zero attached hydrogens (tertiary/aromatic N) is 1. The number of carbonyl (C=O) groups excluding carboxylic acids is 2. The number of pyridine rings is 2. The highest BCUT2D eigenvalue weighted by atomic mass is 16.2. The van der Waals surface area contributed by atoms with Gasteiger partial charge in [-0.3, -0.25) is 19.4 Å². The zero-order valence-electron chi connectivity index (χ0n) is 16.9. The van der Waals surface area contributed by atoms with Gasteiger partial charge in [-0.05, 0) is 68.7 Å². The first-order valence-corrected chi connectivity index (χ1v) is 10.1. The Kier molecular flexibility index (Phi) is 6.80. The van der Waals surface area contributed by atoms with Crippen molar-refractivity contribution in [2.24, 2.45) is 11.8 Å². The molecule has 0 aromatic carbocycles. The molecule has 3 rings (SSSR count). The van der Waals surface area contributed by atoms with Gasteiger partial charge in [0.05, 0.1) is 11.7 Å². The fourth-order valence-electron chi connectivity index (χ4n) is 4.02. The van der Waals surface area contributed by atoms with Crippen molar-refractivity contribution in [3.05, 3.63) is 63.8 Å². The molecule has 1 atom stereocenters. The van der Waals surface area contributed by atoms with Crippen LogP contribution in [-0.2, 0) is 4.79 Å². The summed E-state index contributed by atoms with van der Waals surface area (Å²) in [6.45, 7) is 3.86. The summed E-state index contributed by atoms with van der Waals surface area (Å²) in [5.41, 5.74) is 1.40. The quantitative estimate of drug-likeness (QED) is 0.698. The minimum Gasteiger partial charge on any atom is -0.352 e. The molecule has 29 heavy (non-hydrogen) atoms. The number of rotatable bonds is 6. The highest BCUT2D eigenvalue weighted by molar-refractivity contribution is 5.93. The van der Waals surface area contributed by atoms with E-state index < -0.39 is 0 Å². The molecule has 3 N–H and O–H groups in total. The van der Waals surface area contributed by atoms with Gasteiger partial charge in [-0.15, -0.1) is 0 Å². The SMILES string of the molecule is CC(=O)N[C@@H](c1ccccn1)C1CCC(CNC(=O)c2ccc(C)[nH]c2=O)CC1. The molecule has 0 saturated heterocycles. The van der Waals surface area contributed by atoms with Gasteiger partial charge in [0, 0.05) is 25.4 Å². The zero-order valence-corrected chi connectivity index (χ0v) is 16.9. The van der Waals surface area contributed by atoms with E-state index in [0.29, 0.717) is 18.4 Å². The molecule has 1 fully saturated rings. The van der Waals surface area contributed by atoms with Crippen LogP contribution < -0.4 is 16.2 Å². The van der Waals surface area contributed by atoms with Crippen LogP contribution in [0.25, 0.3) is 0 Å². The molecule has 0 unspecified atom stereocenters. The van der Waals surface area contributed by atoms with Crippen molar-refractivity contribution in [2.75, 3.05) is 6.54 Å². The van der Waals surface area contributed by atoms with Gasteiger partial charge in [0.15, 0.2) is 0 Å². The molecular weight excluding hydrogens is 368 g/mol. The van der Waals surface area contributed by atoms with Crippen molar-refractivity contribution in [1.29, 1.82) is 0 Å². The van der Waals surface area contributed by atoms with Crippen LogP contribution in [0.4, 0.5) is 0 Å². The molecule has 0 bridgehead atoms. The van der Waals surface area contributed by atoms with Gasteiger partial charge in [0.25, 0.3) is 11.5 Å². The summed E-state index contributed by atoms with van der Waals surface area (Å²) >= 11 is 0. The van der Waals surface area contributed by atoms with Crippen LogP contribution in [0.15, 0.2) is 41.3 Å². The summed E-state index contributed by atoms with van der Waals surface area (Å²) in [7, 11) is 0. The molecule has 2 aromatic rings. The van der Waals surface area contributed by atoms with Crippen molar-refractivity contribution in [3.63, 3.8) is 0 Å². The number of nitrogens with one attached hydrogen (secondary N) is 3. The summed E-state index contributed by atoms with van der Waals surface area (Å²) < 4.78 is 0. The average Bonchev–Trinajstić information content (AvgIpc) is 2.71. The summed E-state index contributed by atoms with van der Waals surface area (Å²) in [5.74, 6) is 0.290. The molecule has 0 aliphatic heterocycles. The number of H-pyrrole nitrogens is 1. The van der Waals surface area contributed by atoms with E-state index in [4.69, 9.17) is 0 Å². The van der Waals surface area contributed by atoms with E-state index in [0.717, 1.165) is 37.1 Å². The monoisotopic (exact) mass is 396 g/mol. The molecular formula is C22H28N4O3. The fourth-order valence-corrected chi connectivity index (χ4v) is 4.02. The second-order valence-electron chi connectivity index (χ2n) is 7.81. The van der Waals surface area contributed by atoms with E-state index in [-0.39, 0.29) is 29.0 Å². The Labute approximate surface area is 170 Å². The maximum absolute atomic E-state index is 12.3. The largest absolute Gasteiger partial charge is 0.352 e. The lowest BCUT2D eigenvalue weighted by molar-refractivity contribution is -0.120. The Morgan fingerprint density at radius 1 is 1.17 bits per heavy atom. The topological polar surface area (TPSA) is 104 Å². The lowest BCUT2D eigenvalue weighted by Gasteiger charge is -2.34. The van der Waals surface area contributed by atoms with Crippen molar-refractivity contribution in [1.82, 2.24) is 20.6 Å². The smallest absolute Gasteiger partial charge is 0.260 e. The minimum absolute atomic E-state index is 0.0571. The van der Waals surface area contributed by atoms with Crippen LogP contribution in [0, 0.1) is 18.8 Å². The first-order chi connectivity index (χ1) is 13.9. The summed E-state index contributed by atoms with van der Waals surface area (Å²) in [5, 5.41) is 5.95. The molecule has 2 aromatic heterocycles. The zero-order chi connectivity index (χ0) is 20.8. The lowest BCUT2D eigenvalue weighted by atomic mass is 9.77. The predicted molar refractivity (Wildman–Crippen MR) is 110 cm³/mol. The van der Waals surface area contributed by atoms with Gasteiger partial charge in [-0.1, -0.05) is 6.07 Å². The molecule has 0 spiro atoms. The fraction of sp³-hybridized carbons (Fsp3) is 0.455. The Morgan fingerprint density at radius 3 is 2.55 bits per heavy atom. The van der Waals surface area contributed by atoms with E-state index in [2.05, 4.69) is 20.6 Å². The van der Waals surface area contributed by atoms with Crippen LogP contribution >= 0.6 is 0 Å². The summed E-state index contributed by atoms with van der Waals surface area (Å²) in [6, 6.07) is 8.95. The first-order valence-electron chi connectivity index (χ1n) is 10.1. The van der Waals surface area contributed by atoms with Gasteiger partial charge in [-0.25, -0.2) is 0 Å². The Bertz CT molecular complexity index is 902. The van der Waals surface area contributed by atoms with Crippen LogP contribution in [0.5, 0.6) is 0 Å². The van der Waals surface area contributed by atoms with Crippen LogP contribution in [-0.4, -0.2) is 28.3 Å². The average molecular weight is 396 g/mol. The molecule has 1 saturated carbocycles.